The molecule has 0 aromatic carbocycles. The Morgan fingerprint density at radius 3 is 2.56 bits per heavy atom. The summed E-state index contributed by atoms with van der Waals surface area (Å²) in [5.41, 5.74) is 5.21. The molecule has 0 unspecified atom stereocenters. The normalized spacial score (nSPS) is 9.22. The molecule has 3 nitrogen and oxygen atoms in total. The highest BCUT2D eigenvalue weighted by Crippen LogP contribution is 1.91. The predicted molar refractivity (Wildman–Crippen MR) is 36.7 cm³/mol. The number of rotatable bonds is 3. The fourth-order valence-electron chi connectivity index (χ4n) is 0.507. The van der Waals surface area contributed by atoms with E-state index in [1.165, 1.54) is 4.90 Å². The highest BCUT2D eigenvalue weighted by molar-refractivity contribution is 5.75. The van der Waals surface area contributed by atoms with E-state index in [1.54, 1.807) is 7.05 Å². The molecule has 0 bridgehead atoms. The third kappa shape index (κ3) is 3.08. The van der Waals surface area contributed by atoms with Gasteiger partial charge in [0.2, 0.25) is 5.91 Å². The molecule has 0 aromatic rings. The van der Waals surface area contributed by atoms with Crippen molar-refractivity contribution in [3.8, 4) is 0 Å². The average molecular weight is 130 g/mol. The monoisotopic (exact) mass is 130 g/mol. The average Bonchev–Trinajstić information content (AvgIpc) is 1.87. The number of carbonyl (C=O) groups is 1. The minimum absolute atomic E-state index is 0.125. The number of carbonyl (C=O) groups excluding carboxylic acids is 1. The van der Waals surface area contributed by atoms with E-state index in [9.17, 15) is 4.79 Å². The minimum Gasteiger partial charge on any atom is -0.333 e. The lowest BCUT2D eigenvalue weighted by atomic mass is 10.3. The number of nitrogens with two attached hydrogens (primary N) is 1. The van der Waals surface area contributed by atoms with Gasteiger partial charge in [0, 0.05) is 13.5 Å². The highest BCUT2D eigenvalue weighted by Gasteiger charge is 2.02. The van der Waals surface area contributed by atoms with Crippen LogP contribution in [0.3, 0.4) is 0 Å². The Hall–Kier alpha value is -0.570. The smallest absolute Gasteiger partial charge is 0.223 e. The molecule has 9 heavy (non-hydrogen) atoms. The summed E-state index contributed by atoms with van der Waals surface area (Å²) in [6, 6.07) is 0. The molecule has 0 saturated heterocycles. The zero-order valence-corrected chi connectivity index (χ0v) is 6.05. The summed E-state index contributed by atoms with van der Waals surface area (Å²) in [6.45, 7) is 2.29. The van der Waals surface area contributed by atoms with Gasteiger partial charge in [0.05, 0.1) is 6.67 Å². The van der Waals surface area contributed by atoms with E-state index >= 15 is 0 Å². The molecule has 0 aliphatic heterocycles. The summed E-state index contributed by atoms with van der Waals surface area (Å²) in [4.78, 5) is 12.3. The van der Waals surface area contributed by atoms with Crippen LogP contribution in [0.15, 0.2) is 0 Å². The summed E-state index contributed by atoms with van der Waals surface area (Å²) in [5, 5.41) is 0. The van der Waals surface area contributed by atoms with E-state index in [-0.39, 0.29) is 5.91 Å². The number of hydrogen-bond donors (Lipinski definition) is 1. The molecule has 2 N–H and O–H groups in total. The molecule has 0 atom stereocenters. The number of hydrogen-bond acceptors (Lipinski definition) is 2. The molecule has 1 amide bonds. The second-order valence-corrected chi connectivity index (χ2v) is 2.02. The molecule has 0 fully saturated rings. The number of amides is 1. The lowest BCUT2D eigenvalue weighted by molar-refractivity contribution is -0.129. The highest BCUT2D eigenvalue weighted by atomic mass is 16.2. The Balaban J connectivity index is 3.46. The standard InChI is InChI=1S/C6H14N2O/c1-3-4-6(9)8(2)5-7/h3-5,7H2,1-2H3. The zero-order chi connectivity index (χ0) is 7.28. The van der Waals surface area contributed by atoms with Crippen LogP contribution in [0.1, 0.15) is 19.8 Å². The van der Waals surface area contributed by atoms with E-state index in [2.05, 4.69) is 0 Å². The van der Waals surface area contributed by atoms with Crippen molar-refractivity contribution in [3.63, 3.8) is 0 Å². The summed E-state index contributed by atoms with van der Waals surface area (Å²) in [6.07, 6.45) is 1.50. The van der Waals surface area contributed by atoms with E-state index in [1.807, 2.05) is 6.92 Å². The quantitative estimate of drug-likeness (QED) is 0.553. The molecule has 0 radical (unpaired) electrons. The van der Waals surface area contributed by atoms with Crippen molar-refractivity contribution in [3.05, 3.63) is 0 Å². The first kappa shape index (κ1) is 8.43. The molecule has 0 aromatic heterocycles. The predicted octanol–water partition coefficient (Wildman–Crippen LogP) is 0.161. The van der Waals surface area contributed by atoms with Crippen LogP contribution >= 0.6 is 0 Å². The lowest BCUT2D eigenvalue weighted by Crippen LogP contribution is -2.31. The lowest BCUT2D eigenvalue weighted by Gasteiger charge is -2.12. The van der Waals surface area contributed by atoms with Gasteiger partial charge >= 0.3 is 0 Å². The van der Waals surface area contributed by atoms with Gasteiger partial charge in [-0.2, -0.15) is 0 Å². The molecule has 3 heteroatoms. The molecule has 0 aliphatic rings. The maximum Gasteiger partial charge on any atom is 0.223 e. The summed E-state index contributed by atoms with van der Waals surface area (Å²) < 4.78 is 0. The van der Waals surface area contributed by atoms with Gasteiger partial charge in [-0.05, 0) is 6.42 Å². The molecule has 0 aliphatic carbocycles. The zero-order valence-electron chi connectivity index (χ0n) is 6.05. The summed E-state index contributed by atoms with van der Waals surface area (Å²) in [5.74, 6) is 0.125. The molecule has 0 saturated carbocycles. The van der Waals surface area contributed by atoms with Crippen LogP contribution in [-0.4, -0.2) is 24.5 Å². The Morgan fingerprint density at radius 1 is 1.67 bits per heavy atom. The van der Waals surface area contributed by atoms with Gasteiger partial charge in [-0.15, -0.1) is 0 Å². The van der Waals surface area contributed by atoms with Gasteiger partial charge in [-0.3, -0.25) is 4.79 Å². The van der Waals surface area contributed by atoms with Gasteiger partial charge in [-0.25, -0.2) is 0 Å². The second kappa shape index (κ2) is 4.32. The van der Waals surface area contributed by atoms with Crippen molar-refractivity contribution in [1.82, 2.24) is 4.90 Å². The van der Waals surface area contributed by atoms with Crippen molar-refractivity contribution in [2.45, 2.75) is 19.8 Å². The Bertz CT molecular complexity index is 93.1. The minimum atomic E-state index is 0.125. The number of nitrogens with zero attached hydrogens (tertiary/aromatic N) is 1. The van der Waals surface area contributed by atoms with E-state index in [4.69, 9.17) is 5.73 Å². The fourth-order valence-corrected chi connectivity index (χ4v) is 0.507. The SMILES string of the molecule is CCCC(=O)N(C)CN. The molecule has 0 spiro atoms. The molecular formula is C6H14N2O. The first-order valence-corrected chi connectivity index (χ1v) is 3.16. The van der Waals surface area contributed by atoms with Crippen LogP contribution in [-0.2, 0) is 4.79 Å². The van der Waals surface area contributed by atoms with Gasteiger partial charge in [0.25, 0.3) is 0 Å². The van der Waals surface area contributed by atoms with Crippen molar-refractivity contribution in [2.24, 2.45) is 5.73 Å². The maximum absolute atomic E-state index is 10.8. The first-order chi connectivity index (χ1) is 4.22. The van der Waals surface area contributed by atoms with E-state index in [0.717, 1.165) is 6.42 Å². The largest absolute Gasteiger partial charge is 0.333 e. The topological polar surface area (TPSA) is 46.3 Å². The molecule has 0 rings (SSSR count). The van der Waals surface area contributed by atoms with Gasteiger partial charge < -0.3 is 10.6 Å². The van der Waals surface area contributed by atoms with Crippen LogP contribution in [0.2, 0.25) is 0 Å². The van der Waals surface area contributed by atoms with Gasteiger partial charge in [0.15, 0.2) is 0 Å². The van der Waals surface area contributed by atoms with Crippen LogP contribution in [0.5, 0.6) is 0 Å². The summed E-state index contributed by atoms with van der Waals surface area (Å²) >= 11 is 0. The first-order valence-electron chi connectivity index (χ1n) is 3.16. The Labute approximate surface area is 55.8 Å². The third-order valence-electron chi connectivity index (χ3n) is 1.16. The van der Waals surface area contributed by atoms with E-state index < -0.39 is 0 Å². The third-order valence-corrected chi connectivity index (χ3v) is 1.16. The summed E-state index contributed by atoms with van der Waals surface area (Å²) in [7, 11) is 1.71. The van der Waals surface area contributed by atoms with Crippen molar-refractivity contribution in [1.29, 1.82) is 0 Å². The van der Waals surface area contributed by atoms with E-state index in [0.29, 0.717) is 13.1 Å². The van der Waals surface area contributed by atoms with Crippen LogP contribution < -0.4 is 5.73 Å². The van der Waals surface area contributed by atoms with Crippen molar-refractivity contribution < 1.29 is 4.79 Å². The Morgan fingerprint density at radius 2 is 2.22 bits per heavy atom. The Kier molecular flexibility index (Phi) is 4.05. The molecule has 54 valence electrons. The van der Waals surface area contributed by atoms with Crippen LogP contribution in [0.25, 0.3) is 0 Å². The van der Waals surface area contributed by atoms with Gasteiger partial charge in [-0.1, -0.05) is 6.92 Å². The van der Waals surface area contributed by atoms with Crippen molar-refractivity contribution in [2.75, 3.05) is 13.7 Å². The maximum atomic E-state index is 10.8. The van der Waals surface area contributed by atoms with Crippen molar-refractivity contribution >= 4 is 5.91 Å². The molecule has 0 heterocycles. The second-order valence-electron chi connectivity index (χ2n) is 2.02. The van der Waals surface area contributed by atoms with Gasteiger partial charge in [0.1, 0.15) is 0 Å². The van der Waals surface area contributed by atoms with Crippen LogP contribution in [0.4, 0.5) is 0 Å². The molecular weight excluding hydrogens is 116 g/mol. The van der Waals surface area contributed by atoms with Crippen LogP contribution in [0, 0.1) is 0 Å². The fraction of sp³-hybridized carbons (Fsp3) is 0.833.